The zero-order valence-electron chi connectivity index (χ0n) is 11.0. The highest BCUT2D eigenvalue weighted by molar-refractivity contribution is 6.33. The molecule has 0 amide bonds. The average molecular weight is 314 g/mol. The summed E-state index contributed by atoms with van der Waals surface area (Å²) in [7, 11) is 2.23. The van der Waals surface area contributed by atoms with Crippen molar-refractivity contribution in [1.29, 1.82) is 0 Å². The summed E-state index contributed by atoms with van der Waals surface area (Å²) < 4.78 is 27.6. The largest absolute Gasteiger partial charge is 0.464 e. The van der Waals surface area contributed by atoms with Crippen LogP contribution in [0.4, 0.5) is 4.39 Å². The number of carbonyl (C=O) groups excluding carboxylic acids is 2. The van der Waals surface area contributed by atoms with Crippen molar-refractivity contribution in [3.05, 3.63) is 40.5 Å². The number of ether oxygens (including phenoxy) is 2. The number of rotatable bonds is 3. The Morgan fingerprint density at radius 2 is 1.90 bits per heavy atom. The number of methoxy groups -OCH3 is 2. The molecule has 110 valence electrons. The molecule has 6 nitrogen and oxygen atoms in total. The zero-order valence-corrected chi connectivity index (χ0v) is 11.7. The minimum absolute atomic E-state index is 0.0944. The van der Waals surface area contributed by atoms with Gasteiger partial charge >= 0.3 is 11.9 Å². The molecule has 0 atom stereocenters. The van der Waals surface area contributed by atoms with Gasteiger partial charge in [0.25, 0.3) is 0 Å². The molecule has 1 heterocycles. The van der Waals surface area contributed by atoms with Gasteiger partial charge in [0.15, 0.2) is 0 Å². The van der Waals surface area contributed by atoms with E-state index in [1.165, 1.54) is 12.1 Å². The van der Waals surface area contributed by atoms with E-state index in [9.17, 15) is 14.0 Å². The molecule has 1 aromatic heterocycles. The third kappa shape index (κ3) is 2.73. The highest BCUT2D eigenvalue weighted by Gasteiger charge is 2.28. The third-order valence-corrected chi connectivity index (χ3v) is 2.94. The Balaban J connectivity index is 2.61. The van der Waals surface area contributed by atoms with Crippen molar-refractivity contribution in [2.24, 2.45) is 0 Å². The number of halogens is 2. The predicted octanol–water partition coefficient (Wildman–Crippen LogP) is 2.71. The van der Waals surface area contributed by atoms with E-state index in [1.807, 2.05) is 0 Å². The summed E-state index contributed by atoms with van der Waals surface area (Å²) in [5.41, 5.74) is -0.281. The van der Waals surface area contributed by atoms with Crippen LogP contribution in [0.15, 0.2) is 22.6 Å². The Labute approximate surface area is 123 Å². The van der Waals surface area contributed by atoms with Crippen LogP contribution in [0.5, 0.6) is 0 Å². The molecule has 0 bridgehead atoms. The number of hydrogen-bond acceptors (Lipinski definition) is 6. The second kappa shape index (κ2) is 5.92. The maximum Gasteiger partial charge on any atom is 0.376 e. The second-order valence-electron chi connectivity index (χ2n) is 3.78. The molecule has 0 saturated heterocycles. The fourth-order valence-electron chi connectivity index (χ4n) is 1.57. The van der Waals surface area contributed by atoms with Crippen LogP contribution in [0.2, 0.25) is 5.02 Å². The van der Waals surface area contributed by atoms with Crippen molar-refractivity contribution in [3.8, 4) is 11.5 Å². The van der Waals surface area contributed by atoms with Crippen molar-refractivity contribution < 1.29 is 27.9 Å². The number of nitrogens with zero attached hydrogens (tertiary/aromatic N) is 1. The first-order valence-electron chi connectivity index (χ1n) is 5.61. The number of carbonyl (C=O) groups is 2. The van der Waals surface area contributed by atoms with Gasteiger partial charge in [-0.2, -0.15) is 0 Å². The summed E-state index contributed by atoms with van der Waals surface area (Å²) in [5, 5.41) is -0.244. The number of aromatic nitrogens is 1. The lowest BCUT2D eigenvalue weighted by molar-refractivity contribution is 0.0527. The van der Waals surface area contributed by atoms with E-state index >= 15 is 0 Å². The van der Waals surface area contributed by atoms with Crippen LogP contribution in [0, 0.1) is 5.82 Å². The lowest BCUT2D eigenvalue weighted by Crippen LogP contribution is -2.10. The Morgan fingerprint density at radius 3 is 2.52 bits per heavy atom. The van der Waals surface area contributed by atoms with Gasteiger partial charge < -0.3 is 13.9 Å². The Morgan fingerprint density at radius 1 is 1.24 bits per heavy atom. The number of oxazole rings is 1. The summed E-state index contributed by atoms with van der Waals surface area (Å²) in [5.74, 6) is -3.13. The first kappa shape index (κ1) is 15.0. The molecular weight excluding hydrogens is 305 g/mol. The fraction of sp³-hybridized carbons (Fsp3) is 0.154. The van der Waals surface area contributed by atoms with Crippen LogP contribution in [0.3, 0.4) is 0 Å². The molecule has 8 heteroatoms. The molecule has 0 radical (unpaired) electrons. The maximum atomic E-state index is 13.4. The summed E-state index contributed by atoms with van der Waals surface area (Å²) in [4.78, 5) is 27.0. The third-order valence-electron chi connectivity index (χ3n) is 2.56. The van der Waals surface area contributed by atoms with Crippen molar-refractivity contribution in [2.45, 2.75) is 0 Å². The number of hydrogen-bond donors (Lipinski definition) is 0. The smallest absolute Gasteiger partial charge is 0.376 e. The number of benzene rings is 1. The molecule has 0 unspecified atom stereocenters. The first-order chi connectivity index (χ1) is 9.99. The van der Waals surface area contributed by atoms with Gasteiger partial charge in [0, 0.05) is 0 Å². The van der Waals surface area contributed by atoms with Gasteiger partial charge in [-0.25, -0.2) is 19.0 Å². The van der Waals surface area contributed by atoms with Crippen molar-refractivity contribution >= 4 is 23.5 Å². The molecule has 1 aromatic carbocycles. The molecular formula is C13H9ClFNO5. The topological polar surface area (TPSA) is 78.6 Å². The molecule has 2 rings (SSSR count). The van der Waals surface area contributed by atoms with E-state index in [2.05, 4.69) is 14.5 Å². The quantitative estimate of drug-likeness (QED) is 0.811. The van der Waals surface area contributed by atoms with E-state index in [0.29, 0.717) is 0 Å². The van der Waals surface area contributed by atoms with Crippen LogP contribution in [0.1, 0.15) is 21.0 Å². The van der Waals surface area contributed by atoms with Crippen molar-refractivity contribution in [2.75, 3.05) is 14.2 Å². The standard InChI is InChI=1S/C13H9ClFNO5/c1-19-12(17)9-10(13(18)20-2)21-11(16-9)6-4-3-5-7(15)8(6)14/h3-5H,1-2H3. The predicted molar refractivity (Wildman–Crippen MR) is 69.6 cm³/mol. The van der Waals surface area contributed by atoms with E-state index < -0.39 is 23.5 Å². The lowest BCUT2D eigenvalue weighted by atomic mass is 10.2. The zero-order chi connectivity index (χ0) is 15.6. The van der Waals surface area contributed by atoms with Gasteiger partial charge in [0.2, 0.25) is 17.3 Å². The molecule has 21 heavy (non-hydrogen) atoms. The SMILES string of the molecule is COC(=O)c1nc(-c2cccc(F)c2Cl)oc1C(=O)OC. The molecule has 2 aromatic rings. The minimum Gasteiger partial charge on any atom is -0.464 e. The Bertz CT molecular complexity index is 679. The van der Waals surface area contributed by atoms with Crippen molar-refractivity contribution in [3.63, 3.8) is 0 Å². The van der Waals surface area contributed by atoms with Gasteiger partial charge in [-0.15, -0.1) is 0 Å². The summed E-state index contributed by atoms with van der Waals surface area (Å²) in [6.07, 6.45) is 0. The van der Waals surface area contributed by atoms with E-state index in [0.717, 1.165) is 20.3 Å². The second-order valence-corrected chi connectivity index (χ2v) is 4.16. The van der Waals surface area contributed by atoms with Crippen LogP contribution in [0.25, 0.3) is 11.5 Å². The monoisotopic (exact) mass is 313 g/mol. The van der Waals surface area contributed by atoms with Crippen LogP contribution >= 0.6 is 11.6 Å². The highest BCUT2D eigenvalue weighted by Crippen LogP contribution is 2.31. The minimum atomic E-state index is -0.915. The molecule has 0 aliphatic rings. The van der Waals surface area contributed by atoms with Crippen LogP contribution in [-0.4, -0.2) is 31.1 Å². The maximum absolute atomic E-state index is 13.4. The summed E-state index contributed by atoms with van der Waals surface area (Å²) >= 11 is 5.81. The van der Waals surface area contributed by atoms with Gasteiger partial charge in [0.1, 0.15) is 5.82 Å². The van der Waals surface area contributed by atoms with E-state index in [-0.39, 0.29) is 22.2 Å². The Hall–Kier alpha value is -2.41. The van der Waals surface area contributed by atoms with Crippen molar-refractivity contribution in [1.82, 2.24) is 4.98 Å². The Kier molecular flexibility index (Phi) is 4.23. The van der Waals surface area contributed by atoms with Gasteiger partial charge in [-0.3, -0.25) is 0 Å². The summed E-state index contributed by atoms with van der Waals surface area (Å²) in [6, 6.07) is 3.97. The fourth-order valence-corrected chi connectivity index (χ4v) is 1.78. The average Bonchev–Trinajstić information content (AvgIpc) is 2.93. The lowest BCUT2D eigenvalue weighted by Gasteiger charge is -1.99. The molecule has 0 aliphatic carbocycles. The van der Waals surface area contributed by atoms with E-state index in [4.69, 9.17) is 16.0 Å². The molecule has 0 aliphatic heterocycles. The first-order valence-corrected chi connectivity index (χ1v) is 5.99. The van der Waals surface area contributed by atoms with Gasteiger partial charge in [0.05, 0.1) is 24.8 Å². The molecule has 0 fully saturated rings. The molecule has 0 spiro atoms. The van der Waals surface area contributed by atoms with Gasteiger partial charge in [-0.1, -0.05) is 17.7 Å². The van der Waals surface area contributed by atoms with E-state index in [1.54, 1.807) is 0 Å². The van der Waals surface area contributed by atoms with Gasteiger partial charge in [-0.05, 0) is 12.1 Å². The van der Waals surface area contributed by atoms with Crippen LogP contribution < -0.4 is 0 Å². The van der Waals surface area contributed by atoms with Crippen LogP contribution in [-0.2, 0) is 9.47 Å². The molecule has 0 saturated carbocycles. The highest BCUT2D eigenvalue weighted by atomic mass is 35.5. The normalized spacial score (nSPS) is 10.3. The molecule has 0 N–H and O–H groups in total. The summed E-state index contributed by atoms with van der Waals surface area (Å²) in [6.45, 7) is 0. The number of esters is 2.